The van der Waals surface area contributed by atoms with Gasteiger partial charge in [0.05, 0.1) is 6.26 Å². The highest BCUT2D eigenvalue weighted by molar-refractivity contribution is 7.88. The molecule has 1 unspecified atom stereocenters. The standard InChI is InChI=1S/C16H32N2O4S/c1-9-14(15(20)18(12(3)4)13(5)19)11-16(6,10-2)17(7)23(8,21)22/h12,14H,9-11H2,1-8H3/t14-,16?/m1/s1. The second-order valence-corrected chi connectivity index (χ2v) is 8.73. The first kappa shape index (κ1) is 22.1. The van der Waals surface area contributed by atoms with Crippen LogP contribution < -0.4 is 0 Å². The summed E-state index contributed by atoms with van der Waals surface area (Å²) in [5.41, 5.74) is -0.663. The molecule has 7 heteroatoms. The smallest absolute Gasteiger partial charge is 0.232 e. The Bertz CT molecular complexity index is 530. The van der Waals surface area contributed by atoms with Gasteiger partial charge in [0.2, 0.25) is 21.8 Å². The summed E-state index contributed by atoms with van der Waals surface area (Å²) >= 11 is 0. The first-order valence-electron chi connectivity index (χ1n) is 8.09. The minimum atomic E-state index is -3.36. The molecule has 23 heavy (non-hydrogen) atoms. The van der Waals surface area contributed by atoms with Crippen molar-refractivity contribution in [1.29, 1.82) is 0 Å². The van der Waals surface area contributed by atoms with E-state index in [-0.39, 0.29) is 17.9 Å². The number of hydrogen-bond donors (Lipinski definition) is 0. The molecule has 0 fully saturated rings. The molecule has 0 heterocycles. The fourth-order valence-corrected chi connectivity index (χ4v) is 3.81. The van der Waals surface area contributed by atoms with Crippen molar-refractivity contribution in [2.24, 2.45) is 5.92 Å². The average molecular weight is 349 g/mol. The van der Waals surface area contributed by atoms with Gasteiger partial charge in [-0.05, 0) is 40.0 Å². The molecule has 0 saturated heterocycles. The largest absolute Gasteiger partial charge is 0.280 e. The number of sulfonamides is 1. The van der Waals surface area contributed by atoms with Crippen molar-refractivity contribution < 1.29 is 18.0 Å². The fourth-order valence-electron chi connectivity index (χ4n) is 2.80. The molecule has 0 radical (unpaired) electrons. The molecule has 2 amide bonds. The van der Waals surface area contributed by atoms with E-state index in [4.69, 9.17) is 0 Å². The minimum Gasteiger partial charge on any atom is -0.280 e. The molecule has 0 aliphatic carbocycles. The zero-order valence-electron chi connectivity index (χ0n) is 15.7. The van der Waals surface area contributed by atoms with Crippen LogP contribution in [0.5, 0.6) is 0 Å². The number of carbonyl (C=O) groups is 2. The van der Waals surface area contributed by atoms with Crippen LogP contribution in [0, 0.1) is 5.92 Å². The molecule has 0 aromatic carbocycles. The molecule has 0 aliphatic rings. The van der Waals surface area contributed by atoms with Gasteiger partial charge in [0.25, 0.3) is 0 Å². The van der Waals surface area contributed by atoms with E-state index in [1.165, 1.54) is 22.4 Å². The van der Waals surface area contributed by atoms with Crippen LogP contribution in [0.25, 0.3) is 0 Å². The SMILES string of the molecule is CC[C@H](CC(C)(CC)N(C)S(C)(=O)=O)C(=O)N(C(C)=O)C(C)C. The summed E-state index contributed by atoms with van der Waals surface area (Å²) in [6.45, 7) is 10.6. The Hall–Kier alpha value is -0.950. The van der Waals surface area contributed by atoms with E-state index in [1.54, 1.807) is 20.9 Å². The molecule has 0 aromatic heterocycles. The second kappa shape index (κ2) is 8.24. The van der Waals surface area contributed by atoms with Crippen LogP contribution in [0.15, 0.2) is 0 Å². The third-order valence-corrected chi connectivity index (χ3v) is 6.08. The van der Waals surface area contributed by atoms with Crippen LogP contribution in [0.2, 0.25) is 0 Å². The van der Waals surface area contributed by atoms with Crippen LogP contribution in [0.1, 0.15) is 60.8 Å². The molecular weight excluding hydrogens is 316 g/mol. The molecule has 0 bridgehead atoms. The maximum atomic E-state index is 12.8. The van der Waals surface area contributed by atoms with Crippen molar-refractivity contribution in [3.63, 3.8) is 0 Å². The molecule has 0 rings (SSSR count). The third-order valence-electron chi connectivity index (χ3n) is 4.64. The van der Waals surface area contributed by atoms with Gasteiger partial charge in [-0.2, -0.15) is 4.31 Å². The Labute approximate surface area is 141 Å². The Kier molecular flexibility index (Phi) is 7.90. The van der Waals surface area contributed by atoms with Crippen molar-refractivity contribution in [1.82, 2.24) is 9.21 Å². The average Bonchev–Trinajstić information content (AvgIpc) is 2.41. The van der Waals surface area contributed by atoms with Gasteiger partial charge in [-0.1, -0.05) is 13.8 Å². The van der Waals surface area contributed by atoms with Crippen LogP contribution in [-0.4, -0.2) is 54.3 Å². The summed E-state index contributed by atoms with van der Waals surface area (Å²) in [7, 11) is -1.82. The number of carbonyl (C=O) groups excluding carboxylic acids is 2. The predicted molar refractivity (Wildman–Crippen MR) is 92.4 cm³/mol. The van der Waals surface area contributed by atoms with Crippen LogP contribution >= 0.6 is 0 Å². The van der Waals surface area contributed by atoms with Gasteiger partial charge in [-0.25, -0.2) is 8.42 Å². The highest BCUT2D eigenvalue weighted by Crippen LogP contribution is 2.31. The summed E-state index contributed by atoms with van der Waals surface area (Å²) in [5.74, 6) is -0.898. The van der Waals surface area contributed by atoms with Crippen molar-refractivity contribution in [2.75, 3.05) is 13.3 Å². The maximum Gasteiger partial charge on any atom is 0.232 e. The Balaban J connectivity index is 5.55. The summed E-state index contributed by atoms with van der Waals surface area (Å²) in [6.07, 6.45) is 2.70. The molecular formula is C16H32N2O4S. The normalized spacial score (nSPS) is 16.3. The summed E-state index contributed by atoms with van der Waals surface area (Å²) in [5, 5.41) is 0. The van der Waals surface area contributed by atoms with Crippen molar-refractivity contribution >= 4 is 21.8 Å². The molecule has 0 saturated carbocycles. The molecule has 2 atom stereocenters. The van der Waals surface area contributed by atoms with E-state index in [1.807, 2.05) is 20.8 Å². The predicted octanol–water partition coefficient (Wildman–Crippen LogP) is 2.25. The molecule has 136 valence electrons. The van der Waals surface area contributed by atoms with E-state index in [0.29, 0.717) is 19.3 Å². The third kappa shape index (κ3) is 5.57. The van der Waals surface area contributed by atoms with E-state index >= 15 is 0 Å². The molecule has 0 N–H and O–H groups in total. The highest BCUT2D eigenvalue weighted by atomic mass is 32.2. The first-order chi connectivity index (χ1) is 10.3. The zero-order chi connectivity index (χ0) is 18.6. The summed E-state index contributed by atoms with van der Waals surface area (Å²) < 4.78 is 25.1. The number of imide groups is 1. The van der Waals surface area contributed by atoms with Gasteiger partial charge in [0, 0.05) is 31.5 Å². The lowest BCUT2D eigenvalue weighted by Gasteiger charge is -2.39. The van der Waals surface area contributed by atoms with Gasteiger partial charge in [0.15, 0.2) is 0 Å². The first-order valence-corrected chi connectivity index (χ1v) is 9.94. The van der Waals surface area contributed by atoms with Crippen LogP contribution in [0.3, 0.4) is 0 Å². The van der Waals surface area contributed by atoms with Crippen molar-refractivity contribution in [3.8, 4) is 0 Å². The van der Waals surface area contributed by atoms with Gasteiger partial charge >= 0.3 is 0 Å². The van der Waals surface area contributed by atoms with E-state index in [2.05, 4.69) is 0 Å². The zero-order valence-corrected chi connectivity index (χ0v) is 16.5. The summed E-state index contributed by atoms with van der Waals surface area (Å²) in [4.78, 5) is 25.8. The lowest BCUT2D eigenvalue weighted by Crippen LogP contribution is -2.51. The topological polar surface area (TPSA) is 74.8 Å². The Morgan fingerprint density at radius 1 is 1.17 bits per heavy atom. The molecule has 0 aromatic rings. The molecule has 0 aliphatic heterocycles. The number of rotatable bonds is 8. The lowest BCUT2D eigenvalue weighted by molar-refractivity contribution is -0.149. The number of hydrogen-bond acceptors (Lipinski definition) is 4. The highest BCUT2D eigenvalue weighted by Gasteiger charge is 2.39. The minimum absolute atomic E-state index is 0.213. The number of amides is 2. The number of nitrogens with zero attached hydrogens (tertiary/aromatic N) is 2. The van der Waals surface area contributed by atoms with Gasteiger partial charge in [-0.15, -0.1) is 0 Å². The molecule has 0 spiro atoms. The van der Waals surface area contributed by atoms with Gasteiger partial charge in [0.1, 0.15) is 0 Å². The fraction of sp³-hybridized carbons (Fsp3) is 0.875. The van der Waals surface area contributed by atoms with E-state index < -0.39 is 21.5 Å². The van der Waals surface area contributed by atoms with E-state index in [9.17, 15) is 18.0 Å². The van der Waals surface area contributed by atoms with Crippen LogP contribution in [0.4, 0.5) is 0 Å². The van der Waals surface area contributed by atoms with E-state index in [0.717, 1.165) is 0 Å². The van der Waals surface area contributed by atoms with Gasteiger partial charge in [-0.3, -0.25) is 14.5 Å². The maximum absolute atomic E-state index is 12.8. The monoisotopic (exact) mass is 348 g/mol. The quantitative estimate of drug-likeness (QED) is 0.674. The lowest BCUT2D eigenvalue weighted by atomic mass is 9.84. The Morgan fingerprint density at radius 2 is 1.65 bits per heavy atom. The summed E-state index contributed by atoms with van der Waals surface area (Å²) in [6, 6.07) is -0.213. The van der Waals surface area contributed by atoms with Crippen molar-refractivity contribution in [2.45, 2.75) is 72.4 Å². The van der Waals surface area contributed by atoms with Crippen molar-refractivity contribution in [3.05, 3.63) is 0 Å². The van der Waals surface area contributed by atoms with Gasteiger partial charge < -0.3 is 0 Å². The Morgan fingerprint density at radius 3 is 1.91 bits per heavy atom. The second-order valence-electron chi connectivity index (χ2n) is 6.71. The van der Waals surface area contributed by atoms with Crippen LogP contribution in [-0.2, 0) is 19.6 Å². The molecule has 6 nitrogen and oxygen atoms in total.